The molecule has 3 aromatic rings. The largest absolute Gasteiger partial charge is 0.427 e. The minimum atomic E-state index is -0.732. The number of aromatic amines is 1. The number of benzene rings is 1. The number of aliphatic hydroxyl groups is 1. The van der Waals surface area contributed by atoms with Gasteiger partial charge in [0.25, 0.3) is 5.91 Å². The van der Waals surface area contributed by atoms with Crippen LogP contribution >= 0.6 is 0 Å². The standard InChI is InChI=1S/C22H24N2O4/c1-3-6-16(25)13-24-21(26)20-14(2)11-17(28-22(20)27)10-9-15-12-23-19-8-5-4-7-18(15)19/h3-5,7-8,11-12,16,23,25H,1,6,9-10,13H2,2H3,(H,24,26). The van der Waals surface area contributed by atoms with Crippen LogP contribution in [-0.4, -0.2) is 28.6 Å². The van der Waals surface area contributed by atoms with Gasteiger partial charge in [-0.1, -0.05) is 24.3 Å². The van der Waals surface area contributed by atoms with Crippen LogP contribution in [0, 0.1) is 6.92 Å². The summed E-state index contributed by atoms with van der Waals surface area (Å²) < 4.78 is 5.37. The molecule has 1 atom stereocenters. The van der Waals surface area contributed by atoms with Gasteiger partial charge >= 0.3 is 5.63 Å². The number of para-hydroxylation sites is 1. The predicted octanol–water partition coefficient (Wildman–Crippen LogP) is 2.88. The molecule has 0 bridgehead atoms. The summed E-state index contributed by atoms with van der Waals surface area (Å²) in [4.78, 5) is 27.9. The normalized spacial score (nSPS) is 12.1. The predicted molar refractivity (Wildman–Crippen MR) is 109 cm³/mol. The third kappa shape index (κ3) is 4.40. The van der Waals surface area contributed by atoms with Gasteiger partial charge in [0.15, 0.2) is 0 Å². The summed E-state index contributed by atoms with van der Waals surface area (Å²) in [5, 5.41) is 13.4. The maximum atomic E-state index is 12.3. The van der Waals surface area contributed by atoms with E-state index in [1.807, 2.05) is 24.4 Å². The van der Waals surface area contributed by atoms with Gasteiger partial charge in [-0.3, -0.25) is 4.79 Å². The number of H-pyrrole nitrogens is 1. The number of aryl methyl sites for hydroxylation is 3. The number of fused-ring (bicyclic) bond motifs is 1. The molecule has 28 heavy (non-hydrogen) atoms. The third-order valence-corrected chi connectivity index (χ3v) is 4.68. The van der Waals surface area contributed by atoms with Crippen LogP contribution in [0.4, 0.5) is 0 Å². The number of carbonyl (C=O) groups excluding carboxylic acids is 1. The summed E-state index contributed by atoms with van der Waals surface area (Å²) in [7, 11) is 0. The summed E-state index contributed by atoms with van der Waals surface area (Å²) >= 11 is 0. The summed E-state index contributed by atoms with van der Waals surface area (Å²) in [6.07, 6.45) is 4.43. The molecule has 1 unspecified atom stereocenters. The molecule has 0 aliphatic carbocycles. The Morgan fingerprint density at radius 2 is 2.14 bits per heavy atom. The molecule has 6 nitrogen and oxygen atoms in total. The van der Waals surface area contributed by atoms with Gasteiger partial charge in [-0.15, -0.1) is 6.58 Å². The monoisotopic (exact) mass is 380 g/mol. The Hall–Kier alpha value is -3.12. The van der Waals surface area contributed by atoms with E-state index in [4.69, 9.17) is 4.42 Å². The molecular formula is C22H24N2O4. The second-order valence-electron chi connectivity index (χ2n) is 6.81. The van der Waals surface area contributed by atoms with Crippen LogP contribution in [0.3, 0.4) is 0 Å². The van der Waals surface area contributed by atoms with Crippen molar-refractivity contribution >= 4 is 16.8 Å². The van der Waals surface area contributed by atoms with E-state index in [1.54, 1.807) is 19.1 Å². The van der Waals surface area contributed by atoms with Crippen molar-refractivity contribution in [3.63, 3.8) is 0 Å². The molecule has 0 saturated heterocycles. The first-order chi connectivity index (χ1) is 13.5. The van der Waals surface area contributed by atoms with E-state index in [-0.39, 0.29) is 12.1 Å². The Bertz CT molecular complexity index is 1050. The zero-order chi connectivity index (χ0) is 20.1. The summed E-state index contributed by atoms with van der Waals surface area (Å²) in [6, 6.07) is 9.76. The molecule has 2 aromatic heterocycles. The molecule has 0 radical (unpaired) electrons. The van der Waals surface area contributed by atoms with E-state index < -0.39 is 17.6 Å². The lowest BCUT2D eigenvalue weighted by molar-refractivity contribution is 0.0912. The van der Waals surface area contributed by atoms with Crippen molar-refractivity contribution in [1.29, 1.82) is 0 Å². The second-order valence-corrected chi connectivity index (χ2v) is 6.81. The minimum absolute atomic E-state index is 0.0263. The topological polar surface area (TPSA) is 95.3 Å². The van der Waals surface area contributed by atoms with E-state index >= 15 is 0 Å². The Morgan fingerprint density at radius 3 is 2.89 bits per heavy atom. The van der Waals surface area contributed by atoms with Crippen LogP contribution in [0.1, 0.15) is 33.7 Å². The minimum Gasteiger partial charge on any atom is -0.427 e. The second kappa shape index (κ2) is 8.71. The molecule has 0 spiro atoms. The Labute approximate surface area is 162 Å². The van der Waals surface area contributed by atoms with Crippen LogP contribution in [-0.2, 0) is 12.8 Å². The number of carbonyl (C=O) groups is 1. The van der Waals surface area contributed by atoms with Crippen LogP contribution in [0.15, 0.2) is 58.4 Å². The number of nitrogens with one attached hydrogen (secondary N) is 2. The highest BCUT2D eigenvalue weighted by Crippen LogP contribution is 2.19. The Balaban J connectivity index is 1.70. The van der Waals surface area contributed by atoms with Gasteiger partial charge in [-0.2, -0.15) is 0 Å². The summed E-state index contributed by atoms with van der Waals surface area (Å²) in [5.74, 6) is -0.00596. The number of aromatic nitrogens is 1. The van der Waals surface area contributed by atoms with Gasteiger partial charge in [-0.25, -0.2) is 4.79 Å². The fraction of sp³-hybridized carbons (Fsp3) is 0.273. The molecule has 146 valence electrons. The quantitative estimate of drug-likeness (QED) is 0.524. The van der Waals surface area contributed by atoms with Crippen molar-refractivity contribution in [1.82, 2.24) is 10.3 Å². The molecule has 0 aliphatic rings. The van der Waals surface area contributed by atoms with E-state index in [9.17, 15) is 14.7 Å². The van der Waals surface area contributed by atoms with Crippen LogP contribution in [0.5, 0.6) is 0 Å². The highest BCUT2D eigenvalue weighted by atomic mass is 16.4. The lowest BCUT2D eigenvalue weighted by Gasteiger charge is -2.11. The lowest BCUT2D eigenvalue weighted by Crippen LogP contribution is -2.35. The zero-order valence-corrected chi connectivity index (χ0v) is 15.8. The zero-order valence-electron chi connectivity index (χ0n) is 15.8. The Morgan fingerprint density at radius 1 is 1.36 bits per heavy atom. The molecule has 1 amide bonds. The van der Waals surface area contributed by atoms with Crippen molar-refractivity contribution in [2.45, 2.75) is 32.3 Å². The third-order valence-electron chi connectivity index (χ3n) is 4.68. The molecule has 3 rings (SSSR count). The Kier molecular flexibility index (Phi) is 6.11. The molecule has 0 saturated carbocycles. The first-order valence-corrected chi connectivity index (χ1v) is 9.25. The van der Waals surface area contributed by atoms with Crippen molar-refractivity contribution in [2.24, 2.45) is 0 Å². The highest BCUT2D eigenvalue weighted by molar-refractivity contribution is 5.95. The maximum Gasteiger partial charge on any atom is 0.349 e. The lowest BCUT2D eigenvalue weighted by atomic mass is 10.1. The van der Waals surface area contributed by atoms with Gasteiger partial charge in [0, 0.05) is 30.1 Å². The van der Waals surface area contributed by atoms with Gasteiger partial charge in [-0.05, 0) is 43.0 Å². The number of amides is 1. The molecule has 0 fully saturated rings. The van der Waals surface area contributed by atoms with Crippen LogP contribution in [0.25, 0.3) is 10.9 Å². The van der Waals surface area contributed by atoms with Crippen molar-refractivity contribution in [2.75, 3.05) is 6.54 Å². The molecular weight excluding hydrogens is 356 g/mol. The molecule has 1 aromatic carbocycles. The van der Waals surface area contributed by atoms with Crippen molar-refractivity contribution in [3.05, 3.63) is 82.1 Å². The molecule has 0 aliphatic heterocycles. The maximum absolute atomic E-state index is 12.3. The molecule has 2 heterocycles. The first kappa shape index (κ1) is 19.6. The van der Waals surface area contributed by atoms with Gasteiger partial charge in [0.05, 0.1) is 6.10 Å². The molecule has 3 N–H and O–H groups in total. The number of rotatable bonds is 8. The first-order valence-electron chi connectivity index (χ1n) is 9.25. The van der Waals surface area contributed by atoms with Crippen molar-refractivity contribution < 1.29 is 14.3 Å². The smallest absolute Gasteiger partial charge is 0.349 e. The van der Waals surface area contributed by atoms with Gasteiger partial charge in [0.1, 0.15) is 11.3 Å². The van der Waals surface area contributed by atoms with E-state index in [0.717, 1.165) is 16.5 Å². The van der Waals surface area contributed by atoms with Crippen LogP contribution in [0.2, 0.25) is 0 Å². The fourth-order valence-corrected chi connectivity index (χ4v) is 3.24. The average molecular weight is 380 g/mol. The van der Waals surface area contributed by atoms with E-state index in [2.05, 4.69) is 22.9 Å². The van der Waals surface area contributed by atoms with Gasteiger partial charge < -0.3 is 19.8 Å². The van der Waals surface area contributed by atoms with Gasteiger partial charge in [0.2, 0.25) is 0 Å². The highest BCUT2D eigenvalue weighted by Gasteiger charge is 2.17. The number of hydrogen-bond acceptors (Lipinski definition) is 4. The van der Waals surface area contributed by atoms with Crippen LogP contribution < -0.4 is 10.9 Å². The van der Waals surface area contributed by atoms with E-state index in [1.165, 1.54) is 0 Å². The summed E-state index contributed by atoms with van der Waals surface area (Å²) in [5.41, 5.74) is 2.09. The van der Waals surface area contributed by atoms with E-state index in [0.29, 0.717) is 30.6 Å². The van der Waals surface area contributed by atoms with Crippen molar-refractivity contribution in [3.8, 4) is 0 Å². The number of hydrogen-bond donors (Lipinski definition) is 3. The SMILES string of the molecule is C=CCC(O)CNC(=O)c1c(C)cc(CCc2c[nH]c3ccccc23)oc1=O. The molecule has 6 heteroatoms. The average Bonchev–Trinajstić information content (AvgIpc) is 3.07. The fourth-order valence-electron chi connectivity index (χ4n) is 3.24. The summed E-state index contributed by atoms with van der Waals surface area (Å²) in [6.45, 7) is 5.29. The number of aliphatic hydroxyl groups excluding tert-OH is 1.